The molecule has 0 aliphatic carbocycles. The van der Waals surface area contributed by atoms with Gasteiger partial charge >= 0.3 is 0 Å². The molecule has 0 saturated carbocycles. The number of nitrogens with one attached hydrogen (secondary N) is 1. The van der Waals surface area contributed by atoms with E-state index >= 15 is 0 Å². The molecule has 1 aliphatic heterocycles. The van der Waals surface area contributed by atoms with Gasteiger partial charge in [0.2, 0.25) is 5.91 Å². The molecule has 2 amide bonds. The molecule has 0 radical (unpaired) electrons. The molecule has 0 unspecified atom stereocenters. The molecule has 8 heteroatoms. The number of hydrogen-bond acceptors (Lipinski definition) is 4. The predicted octanol–water partition coefficient (Wildman–Crippen LogP) is 2.86. The van der Waals surface area contributed by atoms with Crippen molar-refractivity contribution in [1.29, 1.82) is 0 Å². The number of hydrogen-bond donors (Lipinski definition) is 1. The molecular formula is C18H19ClFN3O3. The molecule has 6 nitrogen and oxygen atoms in total. The van der Waals surface area contributed by atoms with Crippen LogP contribution in [0.4, 0.5) is 10.1 Å². The molecule has 0 bridgehead atoms. The van der Waals surface area contributed by atoms with Crippen molar-refractivity contribution in [2.45, 2.75) is 6.42 Å². The van der Waals surface area contributed by atoms with E-state index in [1.807, 2.05) is 0 Å². The molecular weight excluding hydrogens is 361 g/mol. The second kappa shape index (κ2) is 8.33. The van der Waals surface area contributed by atoms with Gasteiger partial charge in [-0.1, -0.05) is 11.6 Å². The third-order valence-corrected chi connectivity index (χ3v) is 4.49. The van der Waals surface area contributed by atoms with Crippen LogP contribution in [0, 0.1) is 5.82 Å². The lowest BCUT2D eigenvalue weighted by molar-refractivity contribution is -0.116. The molecule has 0 spiro atoms. The summed E-state index contributed by atoms with van der Waals surface area (Å²) in [6.07, 6.45) is 1.72. The largest absolute Gasteiger partial charge is 0.459 e. The van der Waals surface area contributed by atoms with Crippen molar-refractivity contribution in [1.82, 2.24) is 9.80 Å². The van der Waals surface area contributed by atoms with Crippen LogP contribution < -0.4 is 5.32 Å². The van der Waals surface area contributed by atoms with Gasteiger partial charge in [0.25, 0.3) is 5.91 Å². The van der Waals surface area contributed by atoms with Crippen LogP contribution in [0.5, 0.6) is 0 Å². The summed E-state index contributed by atoms with van der Waals surface area (Å²) in [6.45, 7) is 3.05. The number of carbonyl (C=O) groups excluding carboxylic acids is 2. The minimum absolute atomic E-state index is 0.119. The third-order valence-electron chi connectivity index (χ3n) is 4.25. The second-order valence-corrected chi connectivity index (χ2v) is 6.47. The summed E-state index contributed by atoms with van der Waals surface area (Å²) in [6, 6.07) is 7.46. The normalized spacial score (nSPS) is 15.1. The first-order valence-corrected chi connectivity index (χ1v) is 8.71. The number of halogens is 2. The summed E-state index contributed by atoms with van der Waals surface area (Å²) in [7, 11) is 0. The van der Waals surface area contributed by atoms with E-state index in [1.165, 1.54) is 18.4 Å². The summed E-state index contributed by atoms with van der Waals surface area (Å²) in [5.41, 5.74) is 0.119. The van der Waals surface area contributed by atoms with E-state index in [0.717, 1.165) is 6.07 Å². The molecule has 2 aromatic rings. The maximum Gasteiger partial charge on any atom is 0.289 e. The van der Waals surface area contributed by atoms with Crippen LogP contribution in [0.25, 0.3) is 0 Å². The van der Waals surface area contributed by atoms with Crippen LogP contribution in [-0.2, 0) is 4.79 Å². The zero-order valence-corrected chi connectivity index (χ0v) is 14.8. The molecule has 0 atom stereocenters. The van der Waals surface area contributed by atoms with E-state index in [-0.39, 0.29) is 28.9 Å². The zero-order chi connectivity index (χ0) is 18.5. The first-order chi connectivity index (χ1) is 12.5. The Hall–Kier alpha value is -2.38. The smallest absolute Gasteiger partial charge is 0.289 e. The predicted molar refractivity (Wildman–Crippen MR) is 95.7 cm³/mol. The van der Waals surface area contributed by atoms with Gasteiger partial charge in [-0.3, -0.25) is 14.5 Å². The maximum atomic E-state index is 13.7. The Kier molecular flexibility index (Phi) is 5.90. The van der Waals surface area contributed by atoms with Crippen LogP contribution in [0.3, 0.4) is 0 Å². The Bertz CT molecular complexity index is 774. The molecule has 138 valence electrons. The number of rotatable bonds is 5. The van der Waals surface area contributed by atoms with Crippen LogP contribution in [0.15, 0.2) is 41.0 Å². The van der Waals surface area contributed by atoms with Crippen LogP contribution >= 0.6 is 11.6 Å². The van der Waals surface area contributed by atoms with Gasteiger partial charge in [-0.25, -0.2) is 4.39 Å². The number of piperazine rings is 1. The quantitative estimate of drug-likeness (QED) is 0.867. The van der Waals surface area contributed by atoms with Crippen molar-refractivity contribution in [2.75, 3.05) is 38.0 Å². The molecule has 2 heterocycles. The number of furan rings is 1. The fourth-order valence-electron chi connectivity index (χ4n) is 2.79. The van der Waals surface area contributed by atoms with E-state index in [4.69, 9.17) is 16.0 Å². The standard InChI is InChI=1S/C18H19ClFN3O3/c19-13-3-4-15(14(20)12-13)21-17(24)5-6-22-7-9-23(10-8-22)18(25)16-2-1-11-26-16/h1-4,11-12H,5-10H2,(H,21,24). The minimum atomic E-state index is -0.559. The van der Waals surface area contributed by atoms with Crippen molar-refractivity contribution in [3.8, 4) is 0 Å². The second-order valence-electron chi connectivity index (χ2n) is 6.03. The van der Waals surface area contributed by atoms with E-state index in [0.29, 0.717) is 38.5 Å². The SMILES string of the molecule is O=C(CCN1CCN(C(=O)c2ccco2)CC1)Nc1ccc(Cl)cc1F. The molecule has 1 N–H and O–H groups in total. The van der Waals surface area contributed by atoms with E-state index < -0.39 is 5.82 Å². The maximum absolute atomic E-state index is 13.7. The van der Waals surface area contributed by atoms with Crippen molar-refractivity contribution >= 4 is 29.1 Å². The number of nitrogens with zero attached hydrogens (tertiary/aromatic N) is 2. The highest BCUT2D eigenvalue weighted by atomic mass is 35.5. The van der Waals surface area contributed by atoms with Gasteiger partial charge in [-0.15, -0.1) is 0 Å². The van der Waals surface area contributed by atoms with Crippen molar-refractivity contribution in [3.05, 3.63) is 53.2 Å². The fraction of sp³-hybridized carbons (Fsp3) is 0.333. The number of anilines is 1. The Balaban J connectivity index is 1.42. The molecule has 1 fully saturated rings. The molecule has 1 saturated heterocycles. The van der Waals surface area contributed by atoms with Gasteiger partial charge in [0.05, 0.1) is 12.0 Å². The topological polar surface area (TPSA) is 65.8 Å². The van der Waals surface area contributed by atoms with Crippen LogP contribution in [0.2, 0.25) is 5.02 Å². The molecule has 1 aliphatic rings. The minimum Gasteiger partial charge on any atom is -0.459 e. The first-order valence-electron chi connectivity index (χ1n) is 8.33. The summed E-state index contributed by atoms with van der Waals surface area (Å²) in [4.78, 5) is 28.0. The number of amides is 2. The van der Waals surface area contributed by atoms with Gasteiger partial charge in [-0.2, -0.15) is 0 Å². The summed E-state index contributed by atoms with van der Waals surface area (Å²) in [5.74, 6) is -0.607. The summed E-state index contributed by atoms with van der Waals surface area (Å²) in [5, 5.41) is 2.83. The highest BCUT2D eigenvalue weighted by Gasteiger charge is 2.23. The average Bonchev–Trinajstić information content (AvgIpc) is 3.17. The Morgan fingerprint density at radius 2 is 1.96 bits per heavy atom. The summed E-state index contributed by atoms with van der Waals surface area (Å²) < 4.78 is 18.8. The van der Waals surface area contributed by atoms with Gasteiger partial charge in [0.15, 0.2) is 5.76 Å². The zero-order valence-electron chi connectivity index (χ0n) is 14.1. The summed E-state index contributed by atoms with van der Waals surface area (Å²) >= 11 is 5.69. The van der Waals surface area contributed by atoms with Gasteiger partial charge < -0.3 is 14.6 Å². The van der Waals surface area contributed by atoms with Crippen molar-refractivity contribution in [2.24, 2.45) is 0 Å². The van der Waals surface area contributed by atoms with Gasteiger partial charge in [-0.05, 0) is 30.3 Å². The van der Waals surface area contributed by atoms with E-state index in [1.54, 1.807) is 17.0 Å². The lowest BCUT2D eigenvalue weighted by Gasteiger charge is -2.34. The Labute approximate surface area is 155 Å². The van der Waals surface area contributed by atoms with Crippen molar-refractivity contribution < 1.29 is 18.4 Å². The van der Waals surface area contributed by atoms with Crippen molar-refractivity contribution in [3.63, 3.8) is 0 Å². The lowest BCUT2D eigenvalue weighted by atomic mass is 10.2. The van der Waals surface area contributed by atoms with Gasteiger partial charge in [0, 0.05) is 44.2 Å². The fourth-order valence-corrected chi connectivity index (χ4v) is 2.95. The van der Waals surface area contributed by atoms with Crippen LogP contribution in [-0.4, -0.2) is 54.3 Å². The third kappa shape index (κ3) is 4.62. The lowest BCUT2D eigenvalue weighted by Crippen LogP contribution is -2.49. The molecule has 1 aromatic carbocycles. The average molecular weight is 380 g/mol. The number of benzene rings is 1. The monoisotopic (exact) mass is 379 g/mol. The highest BCUT2D eigenvalue weighted by Crippen LogP contribution is 2.19. The first kappa shape index (κ1) is 18.4. The molecule has 1 aromatic heterocycles. The van der Waals surface area contributed by atoms with E-state index in [2.05, 4.69) is 10.2 Å². The molecule has 3 rings (SSSR count). The van der Waals surface area contributed by atoms with Gasteiger partial charge in [0.1, 0.15) is 5.82 Å². The van der Waals surface area contributed by atoms with E-state index in [9.17, 15) is 14.0 Å². The van der Waals surface area contributed by atoms with Crippen LogP contribution in [0.1, 0.15) is 17.0 Å². The Morgan fingerprint density at radius 3 is 2.62 bits per heavy atom. The highest BCUT2D eigenvalue weighted by molar-refractivity contribution is 6.30. The molecule has 26 heavy (non-hydrogen) atoms. The Morgan fingerprint density at radius 1 is 1.19 bits per heavy atom. The number of carbonyl (C=O) groups is 2.